The third-order valence-corrected chi connectivity index (χ3v) is 5.04. The Hall–Kier alpha value is -3.78. The van der Waals surface area contributed by atoms with E-state index in [0.717, 1.165) is 0 Å². The van der Waals surface area contributed by atoms with E-state index in [2.05, 4.69) is 26.3 Å². The number of aromatic nitrogens is 3. The molecule has 36 heavy (non-hydrogen) atoms. The summed E-state index contributed by atoms with van der Waals surface area (Å²) in [7, 11) is 0. The van der Waals surface area contributed by atoms with Gasteiger partial charge in [-0.15, -0.1) is 5.10 Å². The number of hydrogen-bond donors (Lipinski definition) is 6. The van der Waals surface area contributed by atoms with Gasteiger partial charge in [0.25, 0.3) is 0 Å². The summed E-state index contributed by atoms with van der Waals surface area (Å²) in [4.78, 5) is 57.0. The minimum absolute atomic E-state index is 0.0442. The van der Waals surface area contributed by atoms with Crippen molar-refractivity contribution in [3.63, 3.8) is 0 Å². The SMILES string of the molecule is O=C(O)CCC(NC(=O)N[C@@H](CCCCNC(=O)CCCn1cc(CCCF)nn1)C(=O)O)C(=O)O. The standard InChI is InChI=1S/C21H33FN6O8/c22-10-3-5-14-13-28(27-26-14)12-4-7-17(29)23-11-2-1-6-15(19(32)33)24-21(36)25-16(20(34)35)8-9-18(30)31/h13,15-16H,1-12H2,(H,23,29)(H,30,31)(H,32,33)(H,34,35)(H2,24,25,36)/t15-,16?/m0/s1. The van der Waals surface area contributed by atoms with Gasteiger partial charge in [0.15, 0.2) is 0 Å². The highest BCUT2D eigenvalue weighted by Gasteiger charge is 2.24. The molecule has 6 N–H and O–H groups in total. The molecule has 2 atom stereocenters. The summed E-state index contributed by atoms with van der Waals surface area (Å²) in [5.41, 5.74) is 0.698. The van der Waals surface area contributed by atoms with Crippen molar-refractivity contribution in [2.24, 2.45) is 0 Å². The van der Waals surface area contributed by atoms with Gasteiger partial charge < -0.3 is 31.3 Å². The average molecular weight is 517 g/mol. The molecule has 0 aliphatic rings. The first-order valence-electron chi connectivity index (χ1n) is 11.6. The molecule has 0 fully saturated rings. The molecule has 14 nitrogen and oxygen atoms in total. The van der Waals surface area contributed by atoms with Gasteiger partial charge in [0.2, 0.25) is 5.91 Å². The first kappa shape index (κ1) is 30.3. The number of unbranched alkanes of at least 4 members (excludes halogenated alkanes) is 1. The lowest BCUT2D eigenvalue weighted by Crippen LogP contribution is -2.51. The van der Waals surface area contributed by atoms with Gasteiger partial charge in [-0.05, 0) is 44.9 Å². The molecule has 1 aromatic rings. The summed E-state index contributed by atoms with van der Waals surface area (Å²) in [6.07, 6.45) is 3.43. The van der Waals surface area contributed by atoms with E-state index in [0.29, 0.717) is 50.9 Å². The maximum absolute atomic E-state index is 12.2. The highest BCUT2D eigenvalue weighted by Crippen LogP contribution is 2.04. The van der Waals surface area contributed by atoms with Gasteiger partial charge in [0.05, 0.1) is 12.4 Å². The molecule has 3 amide bonds. The number of rotatable bonds is 19. The van der Waals surface area contributed by atoms with Crippen LogP contribution < -0.4 is 16.0 Å². The summed E-state index contributed by atoms with van der Waals surface area (Å²) in [5, 5.41) is 41.8. The molecule has 1 rings (SSSR count). The van der Waals surface area contributed by atoms with Crippen LogP contribution >= 0.6 is 0 Å². The lowest BCUT2D eigenvalue weighted by atomic mass is 10.1. The van der Waals surface area contributed by atoms with Crippen LogP contribution in [0.1, 0.15) is 57.1 Å². The van der Waals surface area contributed by atoms with E-state index in [1.165, 1.54) is 0 Å². The third kappa shape index (κ3) is 13.2. The quantitative estimate of drug-likeness (QED) is 0.138. The molecule has 0 aliphatic carbocycles. The van der Waals surface area contributed by atoms with E-state index in [1.54, 1.807) is 10.9 Å². The molecule has 0 aliphatic heterocycles. The summed E-state index contributed by atoms with van der Waals surface area (Å²) in [6, 6.07) is -3.79. The van der Waals surface area contributed by atoms with E-state index in [4.69, 9.17) is 10.2 Å². The summed E-state index contributed by atoms with van der Waals surface area (Å²) >= 11 is 0. The van der Waals surface area contributed by atoms with E-state index < -0.39 is 49.1 Å². The molecule has 0 aromatic carbocycles. The molecule has 0 radical (unpaired) electrons. The molecule has 0 saturated carbocycles. The second kappa shape index (κ2) is 16.8. The maximum Gasteiger partial charge on any atom is 0.326 e. The van der Waals surface area contributed by atoms with Crippen LogP contribution in [-0.4, -0.2) is 85.5 Å². The van der Waals surface area contributed by atoms with Crippen LogP contribution in [0.15, 0.2) is 6.20 Å². The number of halogens is 1. The zero-order valence-electron chi connectivity index (χ0n) is 19.8. The number of carbonyl (C=O) groups excluding carboxylic acids is 2. The number of carboxylic acids is 3. The van der Waals surface area contributed by atoms with Gasteiger partial charge >= 0.3 is 23.9 Å². The smallest absolute Gasteiger partial charge is 0.326 e. The monoisotopic (exact) mass is 516 g/mol. The van der Waals surface area contributed by atoms with Crippen LogP contribution in [0.25, 0.3) is 0 Å². The number of carbonyl (C=O) groups is 5. The average Bonchev–Trinajstić information content (AvgIpc) is 3.26. The van der Waals surface area contributed by atoms with Gasteiger partial charge in [0, 0.05) is 32.1 Å². The van der Waals surface area contributed by atoms with Crippen LogP contribution in [0.4, 0.5) is 9.18 Å². The van der Waals surface area contributed by atoms with Crippen molar-refractivity contribution < 1.29 is 43.7 Å². The molecule has 1 unspecified atom stereocenters. The molecule has 0 saturated heterocycles. The predicted molar refractivity (Wildman–Crippen MR) is 122 cm³/mol. The summed E-state index contributed by atoms with van der Waals surface area (Å²) in [6.45, 7) is 0.382. The molecular weight excluding hydrogens is 483 g/mol. The zero-order valence-corrected chi connectivity index (χ0v) is 19.8. The lowest BCUT2D eigenvalue weighted by molar-refractivity contribution is -0.140. The Morgan fingerprint density at radius 2 is 1.58 bits per heavy atom. The van der Waals surface area contributed by atoms with Gasteiger partial charge in [-0.1, -0.05) is 5.21 Å². The summed E-state index contributed by atoms with van der Waals surface area (Å²) < 4.78 is 13.8. The normalized spacial score (nSPS) is 12.4. The van der Waals surface area contributed by atoms with Crippen molar-refractivity contribution >= 4 is 29.8 Å². The Labute approximate surface area is 206 Å². The van der Waals surface area contributed by atoms with Gasteiger partial charge in [-0.25, -0.2) is 14.4 Å². The van der Waals surface area contributed by atoms with Gasteiger partial charge in [-0.3, -0.25) is 18.7 Å². The lowest BCUT2D eigenvalue weighted by Gasteiger charge is -2.18. The van der Waals surface area contributed by atoms with Gasteiger partial charge in [0.1, 0.15) is 12.1 Å². The van der Waals surface area contributed by atoms with E-state index >= 15 is 0 Å². The fourth-order valence-electron chi connectivity index (χ4n) is 3.14. The molecule has 15 heteroatoms. The van der Waals surface area contributed by atoms with Crippen molar-refractivity contribution in [2.45, 2.75) is 76.4 Å². The molecule has 0 bridgehead atoms. The van der Waals surface area contributed by atoms with E-state index in [1.807, 2.05) is 0 Å². The van der Waals surface area contributed by atoms with Crippen LogP contribution in [0.2, 0.25) is 0 Å². The first-order valence-corrected chi connectivity index (χ1v) is 11.6. The van der Waals surface area contributed by atoms with Crippen molar-refractivity contribution in [2.75, 3.05) is 13.2 Å². The van der Waals surface area contributed by atoms with E-state index in [-0.39, 0.29) is 25.2 Å². The second-order valence-corrected chi connectivity index (χ2v) is 8.05. The minimum Gasteiger partial charge on any atom is -0.481 e. The second-order valence-electron chi connectivity index (χ2n) is 8.05. The molecule has 1 aromatic heterocycles. The highest BCUT2D eigenvalue weighted by molar-refractivity contribution is 5.86. The maximum atomic E-state index is 12.2. The molecule has 202 valence electrons. The Bertz CT molecular complexity index is 880. The van der Waals surface area contributed by atoms with Crippen LogP contribution in [0.5, 0.6) is 0 Å². The number of aryl methyl sites for hydroxylation is 2. The molecular formula is C21H33FN6O8. The number of urea groups is 1. The van der Waals surface area contributed by atoms with Crippen LogP contribution in [0, 0.1) is 0 Å². The topological polar surface area (TPSA) is 213 Å². The largest absolute Gasteiger partial charge is 0.481 e. The summed E-state index contributed by atoms with van der Waals surface area (Å²) in [5.74, 6) is -4.16. The predicted octanol–water partition coefficient (Wildman–Crippen LogP) is 0.317. The van der Waals surface area contributed by atoms with Crippen molar-refractivity contribution in [1.82, 2.24) is 30.9 Å². The number of nitrogens with one attached hydrogen (secondary N) is 3. The van der Waals surface area contributed by atoms with E-state index in [9.17, 15) is 33.5 Å². The van der Waals surface area contributed by atoms with Gasteiger partial charge in [-0.2, -0.15) is 0 Å². The number of hydrogen-bond acceptors (Lipinski definition) is 7. The van der Waals surface area contributed by atoms with Crippen molar-refractivity contribution in [3.05, 3.63) is 11.9 Å². The Kier molecular flexibility index (Phi) is 14.1. The van der Waals surface area contributed by atoms with Crippen molar-refractivity contribution in [1.29, 1.82) is 0 Å². The number of carboxylic acid groups (broad SMARTS) is 3. The van der Waals surface area contributed by atoms with Crippen LogP contribution in [-0.2, 0) is 32.1 Å². The number of nitrogens with zero attached hydrogens (tertiary/aromatic N) is 3. The third-order valence-electron chi connectivity index (χ3n) is 5.04. The highest BCUT2D eigenvalue weighted by atomic mass is 19.1. The zero-order chi connectivity index (χ0) is 26.9. The Morgan fingerprint density at radius 1 is 0.917 bits per heavy atom. The number of alkyl halides is 1. The molecule has 0 spiro atoms. The van der Waals surface area contributed by atoms with Crippen LogP contribution in [0.3, 0.4) is 0 Å². The Balaban J connectivity index is 2.26. The van der Waals surface area contributed by atoms with Crippen molar-refractivity contribution in [3.8, 4) is 0 Å². The fourth-order valence-corrected chi connectivity index (χ4v) is 3.14. The molecule has 1 heterocycles. The number of amides is 3. The fraction of sp³-hybridized carbons (Fsp3) is 0.667. The Morgan fingerprint density at radius 3 is 2.19 bits per heavy atom. The first-order chi connectivity index (χ1) is 17.1. The number of aliphatic carboxylic acids is 3. The minimum atomic E-state index is -1.47.